The number of amides is 1. The van der Waals surface area contributed by atoms with Crippen LogP contribution >= 0.6 is 0 Å². The van der Waals surface area contributed by atoms with Crippen LogP contribution in [-0.2, 0) is 11.3 Å². The number of nitrogens with zero attached hydrogens (tertiary/aromatic N) is 1. The summed E-state index contributed by atoms with van der Waals surface area (Å²) < 4.78 is 16.6. The van der Waals surface area contributed by atoms with Crippen molar-refractivity contribution in [1.29, 1.82) is 0 Å². The minimum atomic E-state index is 0.132. The van der Waals surface area contributed by atoms with Crippen molar-refractivity contribution in [3.05, 3.63) is 89.5 Å². The van der Waals surface area contributed by atoms with Crippen LogP contribution < -0.4 is 14.2 Å². The molecule has 3 aromatic carbocycles. The molecule has 0 bridgehead atoms. The molecule has 0 heterocycles. The lowest BCUT2D eigenvalue weighted by molar-refractivity contribution is -0.131. The summed E-state index contributed by atoms with van der Waals surface area (Å²) in [5.41, 5.74) is 3.46. The zero-order valence-corrected chi connectivity index (χ0v) is 21.5. The normalized spacial score (nSPS) is 11.7. The van der Waals surface area contributed by atoms with Crippen LogP contribution in [0.3, 0.4) is 0 Å². The van der Waals surface area contributed by atoms with Crippen LogP contribution in [0.5, 0.6) is 17.2 Å². The van der Waals surface area contributed by atoms with Crippen LogP contribution in [0.4, 0.5) is 0 Å². The quantitative estimate of drug-likeness (QED) is 0.302. The molecule has 5 nitrogen and oxygen atoms in total. The zero-order chi connectivity index (χ0) is 25.2. The number of methoxy groups -OCH3 is 2. The summed E-state index contributed by atoms with van der Waals surface area (Å²) in [6.07, 6.45) is 1.41. The van der Waals surface area contributed by atoms with Gasteiger partial charge in [-0.25, -0.2) is 0 Å². The number of hydrogen-bond donors (Lipinski definition) is 0. The van der Waals surface area contributed by atoms with Crippen LogP contribution in [0.15, 0.2) is 72.8 Å². The maximum atomic E-state index is 12.9. The molecule has 186 valence electrons. The van der Waals surface area contributed by atoms with Gasteiger partial charge in [-0.1, -0.05) is 55.5 Å². The van der Waals surface area contributed by atoms with E-state index in [9.17, 15) is 4.79 Å². The molecule has 1 unspecified atom stereocenters. The van der Waals surface area contributed by atoms with Crippen molar-refractivity contribution < 1.29 is 19.0 Å². The second-order valence-corrected chi connectivity index (χ2v) is 8.85. The number of hydrogen-bond acceptors (Lipinski definition) is 4. The summed E-state index contributed by atoms with van der Waals surface area (Å²) in [6, 6.07) is 24.6. The molecule has 0 saturated heterocycles. The minimum Gasteiger partial charge on any atom is -0.493 e. The van der Waals surface area contributed by atoms with Crippen LogP contribution in [-0.4, -0.2) is 37.7 Å². The van der Waals surface area contributed by atoms with Gasteiger partial charge in [0.2, 0.25) is 5.91 Å². The van der Waals surface area contributed by atoms with E-state index in [4.69, 9.17) is 14.2 Å². The smallest absolute Gasteiger partial charge is 0.222 e. The highest BCUT2D eigenvalue weighted by Crippen LogP contribution is 2.31. The van der Waals surface area contributed by atoms with Gasteiger partial charge in [0, 0.05) is 25.4 Å². The van der Waals surface area contributed by atoms with Gasteiger partial charge in [-0.2, -0.15) is 0 Å². The summed E-state index contributed by atoms with van der Waals surface area (Å²) in [4.78, 5) is 14.8. The molecule has 0 aliphatic carbocycles. The first-order valence-electron chi connectivity index (χ1n) is 12.2. The first-order chi connectivity index (χ1) is 16.9. The minimum absolute atomic E-state index is 0.132. The lowest BCUT2D eigenvalue weighted by Crippen LogP contribution is -2.31. The van der Waals surface area contributed by atoms with Gasteiger partial charge in [0.15, 0.2) is 11.5 Å². The second kappa shape index (κ2) is 12.8. The SMILES string of the molecule is CCC(=O)N(CCC(c1ccccc1)c1ccc(OC(C)C)cc1)Cc1ccc(OC)c(OC)c1. The molecule has 3 aromatic rings. The fraction of sp³-hybridized carbons (Fsp3) is 0.367. The highest BCUT2D eigenvalue weighted by atomic mass is 16.5. The predicted octanol–water partition coefficient (Wildman–Crippen LogP) is 6.45. The first-order valence-corrected chi connectivity index (χ1v) is 12.2. The molecule has 1 atom stereocenters. The number of benzene rings is 3. The summed E-state index contributed by atoms with van der Waals surface area (Å²) in [7, 11) is 3.24. The molecule has 0 saturated carbocycles. The van der Waals surface area contributed by atoms with Crippen molar-refractivity contribution in [2.24, 2.45) is 0 Å². The maximum absolute atomic E-state index is 12.9. The predicted molar refractivity (Wildman–Crippen MR) is 140 cm³/mol. The number of rotatable bonds is 12. The Bertz CT molecular complexity index is 1060. The molecule has 0 N–H and O–H groups in total. The summed E-state index contributed by atoms with van der Waals surface area (Å²) in [6.45, 7) is 7.13. The lowest BCUT2D eigenvalue weighted by atomic mass is 9.88. The lowest BCUT2D eigenvalue weighted by Gasteiger charge is -2.26. The van der Waals surface area contributed by atoms with E-state index >= 15 is 0 Å². The Labute approximate surface area is 209 Å². The van der Waals surface area contributed by atoms with Gasteiger partial charge < -0.3 is 19.1 Å². The van der Waals surface area contributed by atoms with Gasteiger partial charge in [0.25, 0.3) is 0 Å². The molecule has 0 fully saturated rings. The molecule has 1 amide bonds. The van der Waals surface area contributed by atoms with Crippen molar-refractivity contribution in [2.45, 2.75) is 52.2 Å². The third-order valence-corrected chi connectivity index (χ3v) is 6.02. The zero-order valence-electron chi connectivity index (χ0n) is 21.5. The Hall–Kier alpha value is -3.47. The average molecular weight is 476 g/mol. The van der Waals surface area contributed by atoms with Crippen molar-refractivity contribution in [3.8, 4) is 17.2 Å². The Morgan fingerprint density at radius 2 is 1.51 bits per heavy atom. The van der Waals surface area contributed by atoms with E-state index in [0.29, 0.717) is 31.0 Å². The standard InChI is InChI=1S/C30H37NO4/c1-6-30(32)31(21-23-12-17-28(33-4)29(20-23)34-5)19-18-27(24-10-8-7-9-11-24)25-13-15-26(16-14-25)35-22(2)3/h7-17,20,22,27H,6,18-19,21H2,1-5H3. The van der Waals surface area contributed by atoms with E-state index in [2.05, 4.69) is 36.4 Å². The van der Waals surface area contributed by atoms with Crippen LogP contribution in [0.25, 0.3) is 0 Å². The Kier molecular flexibility index (Phi) is 9.59. The Morgan fingerprint density at radius 3 is 2.11 bits per heavy atom. The highest BCUT2D eigenvalue weighted by Gasteiger charge is 2.19. The second-order valence-electron chi connectivity index (χ2n) is 8.85. The van der Waals surface area contributed by atoms with Gasteiger partial charge >= 0.3 is 0 Å². The fourth-order valence-electron chi connectivity index (χ4n) is 4.26. The van der Waals surface area contributed by atoms with Crippen molar-refractivity contribution >= 4 is 5.91 Å². The molecule has 3 rings (SSSR count). The number of carbonyl (C=O) groups excluding carboxylic acids is 1. The van der Waals surface area contributed by atoms with Gasteiger partial charge in [0.05, 0.1) is 20.3 Å². The van der Waals surface area contributed by atoms with E-state index in [-0.39, 0.29) is 17.9 Å². The molecule has 0 aromatic heterocycles. The van der Waals surface area contributed by atoms with E-state index < -0.39 is 0 Å². The fourth-order valence-corrected chi connectivity index (χ4v) is 4.26. The number of carbonyl (C=O) groups is 1. The summed E-state index contributed by atoms with van der Waals surface area (Å²) >= 11 is 0. The van der Waals surface area contributed by atoms with E-state index in [1.807, 2.05) is 62.1 Å². The maximum Gasteiger partial charge on any atom is 0.222 e. The average Bonchev–Trinajstić information content (AvgIpc) is 2.88. The van der Waals surface area contributed by atoms with Crippen LogP contribution in [0, 0.1) is 0 Å². The van der Waals surface area contributed by atoms with Gasteiger partial charge in [-0.3, -0.25) is 4.79 Å². The van der Waals surface area contributed by atoms with Gasteiger partial charge in [-0.05, 0) is 61.2 Å². The Morgan fingerprint density at radius 1 is 0.857 bits per heavy atom. The molecular weight excluding hydrogens is 438 g/mol. The highest BCUT2D eigenvalue weighted by molar-refractivity contribution is 5.75. The molecule has 5 heteroatoms. The molecule has 0 aliphatic heterocycles. The largest absolute Gasteiger partial charge is 0.493 e. The van der Waals surface area contributed by atoms with E-state index in [1.165, 1.54) is 11.1 Å². The van der Waals surface area contributed by atoms with Crippen molar-refractivity contribution in [1.82, 2.24) is 4.90 Å². The summed E-state index contributed by atoms with van der Waals surface area (Å²) in [5.74, 6) is 2.51. The molecule has 35 heavy (non-hydrogen) atoms. The summed E-state index contributed by atoms with van der Waals surface area (Å²) in [5, 5.41) is 0. The number of ether oxygens (including phenoxy) is 3. The van der Waals surface area contributed by atoms with E-state index in [1.54, 1.807) is 14.2 Å². The van der Waals surface area contributed by atoms with Crippen molar-refractivity contribution in [3.63, 3.8) is 0 Å². The molecular formula is C30H37NO4. The third kappa shape index (κ3) is 7.25. The monoisotopic (exact) mass is 475 g/mol. The Balaban J connectivity index is 1.82. The van der Waals surface area contributed by atoms with Crippen molar-refractivity contribution in [2.75, 3.05) is 20.8 Å². The van der Waals surface area contributed by atoms with Crippen LogP contribution in [0.2, 0.25) is 0 Å². The van der Waals surface area contributed by atoms with Gasteiger partial charge in [0.1, 0.15) is 5.75 Å². The molecule has 0 spiro atoms. The first kappa shape index (κ1) is 26.1. The van der Waals surface area contributed by atoms with Crippen LogP contribution in [0.1, 0.15) is 56.2 Å². The third-order valence-electron chi connectivity index (χ3n) is 6.02. The molecule has 0 aliphatic rings. The van der Waals surface area contributed by atoms with Gasteiger partial charge in [-0.15, -0.1) is 0 Å². The van der Waals surface area contributed by atoms with E-state index in [0.717, 1.165) is 17.7 Å². The topological polar surface area (TPSA) is 48.0 Å². The molecule has 0 radical (unpaired) electrons.